The minimum atomic E-state index is -0.830. The van der Waals surface area contributed by atoms with E-state index in [1.165, 1.54) is 0 Å². The molecule has 1 heterocycles. The van der Waals surface area contributed by atoms with Gasteiger partial charge in [0.2, 0.25) is 5.91 Å². The van der Waals surface area contributed by atoms with Gasteiger partial charge in [-0.1, -0.05) is 13.3 Å². The van der Waals surface area contributed by atoms with Crippen LogP contribution < -0.4 is 5.32 Å². The van der Waals surface area contributed by atoms with Crippen LogP contribution in [-0.4, -0.2) is 47.7 Å². The Balaban J connectivity index is 2.51. The molecule has 0 spiro atoms. The van der Waals surface area contributed by atoms with Crippen molar-refractivity contribution in [3.8, 4) is 0 Å². The number of aliphatic hydroxyl groups is 1. The summed E-state index contributed by atoms with van der Waals surface area (Å²) < 4.78 is 0. The zero-order valence-electron chi connectivity index (χ0n) is 11.5. The van der Waals surface area contributed by atoms with Crippen molar-refractivity contribution in [2.24, 2.45) is 5.92 Å². The smallest absolute Gasteiger partial charge is 0.239 e. The van der Waals surface area contributed by atoms with E-state index in [9.17, 15) is 9.90 Å². The fraction of sp³-hybridized carbons (Fsp3) is 0.923. The molecule has 0 radical (unpaired) electrons. The molecule has 2 atom stereocenters. The maximum absolute atomic E-state index is 12.2. The van der Waals surface area contributed by atoms with Gasteiger partial charge in [0, 0.05) is 13.6 Å². The molecule has 4 nitrogen and oxygen atoms in total. The van der Waals surface area contributed by atoms with E-state index in [4.69, 9.17) is 0 Å². The zero-order valence-corrected chi connectivity index (χ0v) is 11.5. The molecule has 0 aromatic rings. The number of rotatable bonds is 4. The molecule has 1 amide bonds. The normalized spacial score (nSPS) is 25.7. The molecule has 2 N–H and O–H groups in total. The Morgan fingerprint density at radius 2 is 2.18 bits per heavy atom. The third-order valence-electron chi connectivity index (χ3n) is 3.39. The van der Waals surface area contributed by atoms with Crippen LogP contribution in [0, 0.1) is 5.92 Å². The van der Waals surface area contributed by atoms with Crippen LogP contribution in [0.1, 0.15) is 40.0 Å². The van der Waals surface area contributed by atoms with E-state index < -0.39 is 5.60 Å². The minimum absolute atomic E-state index is 0.0685. The van der Waals surface area contributed by atoms with Crippen molar-refractivity contribution in [3.63, 3.8) is 0 Å². The summed E-state index contributed by atoms with van der Waals surface area (Å²) in [7, 11) is 1.76. The summed E-state index contributed by atoms with van der Waals surface area (Å²) in [4.78, 5) is 13.8. The van der Waals surface area contributed by atoms with Crippen molar-refractivity contribution in [2.45, 2.75) is 51.7 Å². The van der Waals surface area contributed by atoms with Crippen LogP contribution in [0.5, 0.6) is 0 Å². The monoisotopic (exact) mass is 242 g/mol. The number of hydrogen-bond acceptors (Lipinski definition) is 3. The number of amides is 1. The first-order valence-corrected chi connectivity index (χ1v) is 6.54. The molecule has 0 aromatic heterocycles. The summed E-state index contributed by atoms with van der Waals surface area (Å²) in [6.45, 7) is 6.92. The van der Waals surface area contributed by atoms with Gasteiger partial charge in [-0.25, -0.2) is 0 Å². The molecule has 0 aromatic carbocycles. The first-order valence-electron chi connectivity index (χ1n) is 6.54. The molecule has 1 aliphatic heterocycles. The van der Waals surface area contributed by atoms with E-state index in [-0.39, 0.29) is 11.9 Å². The standard InChI is InChI=1S/C13H26N2O2/c1-5-10-6-7-14-11(8-10)12(16)15(4)9-13(2,3)17/h10-11,14,17H,5-9H2,1-4H3. The topological polar surface area (TPSA) is 52.6 Å². The van der Waals surface area contributed by atoms with E-state index in [1.807, 2.05) is 0 Å². The first-order chi connectivity index (χ1) is 7.83. The third kappa shape index (κ3) is 4.64. The molecule has 1 fully saturated rings. The summed E-state index contributed by atoms with van der Waals surface area (Å²) in [6, 6.07) is -0.0685. The Morgan fingerprint density at radius 1 is 1.53 bits per heavy atom. The van der Waals surface area contributed by atoms with Crippen LogP contribution >= 0.6 is 0 Å². The van der Waals surface area contributed by atoms with E-state index >= 15 is 0 Å². The van der Waals surface area contributed by atoms with Crippen molar-refractivity contribution >= 4 is 5.91 Å². The molecule has 0 saturated carbocycles. The third-order valence-corrected chi connectivity index (χ3v) is 3.39. The molecule has 1 aliphatic rings. The first kappa shape index (κ1) is 14.5. The Labute approximate surface area is 104 Å². The molecule has 100 valence electrons. The molecule has 0 bridgehead atoms. The lowest BCUT2D eigenvalue weighted by Crippen LogP contribution is -2.51. The van der Waals surface area contributed by atoms with Crippen LogP contribution in [-0.2, 0) is 4.79 Å². The van der Waals surface area contributed by atoms with Crippen molar-refractivity contribution in [1.82, 2.24) is 10.2 Å². The molecule has 1 rings (SSSR count). The van der Waals surface area contributed by atoms with E-state index in [0.717, 1.165) is 25.8 Å². The van der Waals surface area contributed by atoms with Crippen molar-refractivity contribution in [2.75, 3.05) is 20.1 Å². The molecule has 1 saturated heterocycles. The highest BCUT2D eigenvalue weighted by Gasteiger charge is 2.29. The van der Waals surface area contributed by atoms with Gasteiger partial charge in [0.15, 0.2) is 0 Å². The largest absolute Gasteiger partial charge is 0.389 e. The van der Waals surface area contributed by atoms with Gasteiger partial charge in [0.05, 0.1) is 11.6 Å². The quantitative estimate of drug-likeness (QED) is 0.773. The summed E-state index contributed by atoms with van der Waals surface area (Å²) >= 11 is 0. The minimum Gasteiger partial charge on any atom is -0.389 e. The van der Waals surface area contributed by atoms with Gasteiger partial charge in [-0.05, 0) is 39.2 Å². The highest BCUT2D eigenvalue weighted by molar-refractivity contribution is 5.81. The Kier molecular flexibility index (Phi) is 4.95. The maximum Gasteiger partial charge on any atom is 0.239 e. The summed E-state index contributed by atoms with van der Waals surface area (Å²) in [5.41, 5.74) is -0.830. The number of piperidine rings is 1. The molecule has 0 aliphatic carbocycles. The van der Waals surface area contributed by atoms with Gasteiger partial charge < -0.3 is 15.3 Å². The summed E-state index contributed by atoms with van der Waals surface area (Å²) in [6.07, 6.45) is 3.22. The number of nitrogens with one attached hydrogen (secondary N) is 1. The lowest BCUT2D eigenvalue weighted by molar-refractivity contribution is -0.135. The summed E-state index contributed by atoms with van der Waals surface area (Å²) in [5, 5.41) is 13.0. The SMILES string of the molecule is CCC1CCNC(C(=O)N(C)CC(C)(C)O)C1. The predicted molar refractivity (Wildman–Crippen MR) is 68.7 cm³/mol. The van der Waals surface area contributed by atoms with Crippen molar-refractivity contribution in [3.05, 3.63) is 0 Å². The highest BCUT2D eigenvalue weighted by atomic mass is 16.3. The molecule has 2 unspecified atom stereocenters. The van der Waals surface area contributed by atoms with Crippen LogP contribution in [0.4, 0.5) is 0 Å². The van der Waals surface area contributed by atoms with Gasteiger partial charge in [-0.15, -0.1) is 0 Å². The zero-order chi connectivity index (χ0) is 13.1. The number of nitrogens with zero attached hydrogens (tertiary/aromatic N) is 1. The fourth-order valence-electron chi connectivity index (χ4n) is 2.48. The van der Waals surface area contributed by atoms with Gasteiger partial charge in [0.25, 0.3) is 0 Å². The number of hydrogen-bond donors (Lipinski definition) is 2. The predicted octanol–water partition coefficient (Wildman–Crippen LogP) is 0.994. The lowest BCUT2D eigenvalue weighted by atomic mass is 9.90. The second kappa shape index (κ2) is 5.83. The van der Waals surface area contributed by atoms with Gasteiger partial charge in [0.1, 0.15) is 0 Å². The van der Waals surface area contributed by atoms with Gasteiger partial charge >= 0.3 is 0 Å². The molecule has 17 heavy (non-hydrogen) atoms. The second-order valence-corrected chi connectivity index (χ2v) is 5.81. The van der Waals surface area contributed by atoms with Crippen molar-refractivity contribution in [1.29, 1.82) is 0 Å². The Bertz CT molecular complexity index is 261. The highest BCUT2D eigenvalue weighted by Crippen LogP contribution is 2.20. The lowest BCUT2D eigenvalue weighted by Gasteiger charge is -2.33. The van der Waals surface area contributed by atoms with E-state index in [2.05, 4.69) is 12.2 Å². The number of likely N-dealkylation sites (N-methyl/N-ethyl adjacent to an activating group) is 1. The fourth-order valence-corrected chi connectivity index (χ4v) is 2.48. The molecule has 4 heteroatoms. The van der Waals surface area contributed by atoms with E-state index in [1.54, 1.807) is 25.8 Å². The van der Waals surface area contributed by atoms with Crippen LogP contribution in [0.15, 0.2) is 0 Å². The average molecular weight is 242 g/mol. The molecular formula is C13H26N2O2. The number of carbonyl (C=O) groups is 1. The van der Waals surface area contributed by atoms with Gasteiger partial charge in [-0.2, -0.15) is 0 Å². The molecular weight excluding hydrogens is 216 g/mol. The average Bonchev–Trinajstić information content (AvgIpc) is 2.26. The van der Waals surface area contributed by atoms with Crippen LogP contribution in [0.25, 0.3) is 0 Å². The summed E-state index contributed by atoms with van der Waals surface area (Å²) in [5.74, 6) is 0.756. The van der Waals surface area contributed by atoms with E-state index in [0.29, 0.717) is 12.5 Å². The maximum atomic E-state index is 12.2. The Hall–Kier alpha value is -0.610. The van der Waals surface area contributed by atoms with Gasteiger partial charge in [-0.3, -0.25) is 4.79 Å². The van der Waals surface area contributed by atoms with Crippen LogP contribution in [0.3, 0.4) is 0 Å². The number of carbonyl (C=O) groups excluding carboxylic acids is 1. The Morgan fingerprint density at radius 3 is 2.71 bits per heavy atom. The second-order valence-electron chi connectivity index (χ2n) is 5.81. The van der Waals surface area contributed by atoms with Crippen LogP contribution in [0.2, 0.25) is 0 Å². The van der Waals surface area contributed by atoms with Crippen molar-refractivity contribution < 1.29 is 9.90 Å².